The minimum Gasteiger partial charge on any atom is -0.342 e. The van der Waals surface area contributed by atoms with E-state index in [1.807, 2.05) is 4.90 Å². The molecule has 1 N–H and O–H groups in total. The largest absolute Gasteiger partial charge is 0.342 e. The first kappa shape index (κ1) is 15.7. The number of amides is 1. The van der Waals surface area contributed by atoms with Crippen molar-refractivity contribution in [3.8, 4) is 0 Å². The van der Waals surface area contributed by atoms with Gasteiger partial charge in [0.15, 0.2) is 0 Å². The van der Waals surface area contributed by atoms with Crippen LogP contribution in [0.25, 0.3) is 0 Å². The van der Waals surface area contributed by atoms with E-state index < -0.39 is 5.92 Å². The zero-order valence-electron chi connectivity index (χ0n) is 12.5. The third-order valence-corrected chi connectivity index (χ3v) is 4.75. The first-order valence-electron chi connectivity index (χ1n) is 7.83. The molecular formula is C15H26F2N2O. The first-order valence-corrected chi connectivity index (χ1v) is 7.83. The van der Waals surface area contributed by atoms with E-state index in [0.29, 0.717) is 24.8 Å². The van der Waals surface area contributed by atoms with Gasteiger partial charge in [0.2, 0.25) is 11.8 Å². The summed E-state index contributed by atoms with van der Waals surface area (Å²) >= 11 is 0. The second kappa shape index (κ2) is 6.37. The molecule has 1 amide bonds. The maximum Gasteiger partial charge on any atom is 0.248 e. The van der Waals surface area contributed by atoms with Crippen molar-refractivity contribution in [1.82, 2.24) is 10.2 Å². The van der Waals surface area contributed by atoms with Gasteiger partial charge in [-0.2, -0.15) is 0 Å². The molecule has 20 heavy (non-hydrogen) atoms. The van der Waals surface area contributed by atoms with Crippen LogP contribution in [0.3, 0.4) is 0 Å². The molecule has 0 bridgehead atoms. The minimum atomic E-state index is -2.55. The Labute approximate surface area is 120 Å². The zero-order valence-corrected chi connectivity index (χ0v) is 12.5. The maximum absolute atomic E-state index is 13.1. The van der Waals surface area contributed by atoms with Crippen LogP contribution >= 0.6 is 0 Å². The summed E-state index contributed by atoms with van der Waals surface area (Å²) in [5.74, 6) is -2.21. The van der Waals surface area contributed by atoms with Gasteiger partial charge in [0.05, 0.1) is 0 Å². The summed E-state index contributed by atoms with van der Waals surface area (Å²) in [5, 5.41) is 3.45. The summed E-state index contributed by atoms with van der Waals surface area (Å²) in [6.07, 6.45) is 1.38. The van der Waals surface area contributed by atoms with Crippen LogP contribution in [-0.4, -0.2) is 42.4 Å². The highest BCUT2D eigenvalue weighted by Crippen LogP contribution is 2.37. The number of rotatable bonds is 3. The van der Waals surface area contributed by atoms with Gasteiger partial charge < -0.3 is 10.2 Å². The molecule has 2 fully saturated rings. The lowest BCUT2D eigenvalue weighted by molar-refractivity contribution is -0.141. The molecule has 1 aliphatic heterocycles. The Kier molecular flexibility index (Phi) is 4.99. The average Bonchev–Trinajstić information content (AvgIpc) is 2.40. The van der Waals surface area contributed by atoms with Crippen LogP contribution in [0.4, 0.5) is 8.78 Å². The molecule has 0 aromatic rings. The number of hydrogen-bond acceptors (Lipinski definition) is 2. The van der Waals surface area contributed by atoms with E-state index in [0.717, 1.165) is 26.1 Å². The number of carbonyl (C=O) groups excluding carboxylic acids is 1. The van der Waals surface area contributed by atoms with Gasteiger partial charge in [-0.15, -0.1) is 0 Å². The molecule has 2 unspecified atom stereocenters. The molecule has 1 saturated heterocycles. The number of piperidine rings is 1. The van der Waals surface area contributed by atoms with Crippen LogP contribution in [0.1, 0.15) is 46.0 Å². The lowest BCUT2D eigenvalue weighted by Crippen LogP contribution is -2.51. The second-order valence-corrected chi connectivity index (χ2v) is 6.34. The topological polar surface area (TPSA) is 32.3 Å². The van der Waals surface area contributed by atoms with Crippen LogP contribution in [0.15, 0.2) is 0 Å². The Hall–Kier alpha value is -0.710. The minimum absolute atomic E-state index is 0.0994. The Bertz CT molecular complexity index is 339. The number of halogens is 2. The van der Waals surface area contributed by atoms with Gasteiger partial charge in [-0.05, 0) is 31.7 Å². The van der Waals surface area contributed by atoms with Crippen molar-refractivity contribution in [1.29, 1.82) is 0 Å². The van der Waals surface area contributed by atoms with Crippen molar-refractivity contribution in [2.45, 2.75) is 57.9 Å². The highest BCUT2D eigenvalue weighted by atomic mass is 19.3. The van der Waals surface area contributed by atoms with Crippen LogP contribution in [0.5, 0.6) is 0 Å². The normalized spacial score (nSPS) is 31.3. The molecule has 0 aromatic heterocycles. The third-order valence-electron chi connectivity index (χ3n) is 4.75. The Morgan fingerprint density at radius 1 is 1.30 bits per heavy atom. The molecule has 3 nitrogen and oxygen atoms in total. The maximum atomic E-state index is 13.1. The van der Waals surface area contributed by atoms with Gasteiger partial charge >= 0.3 is 0 Å². The number of alkyl halides is 2. The molecular weight excluding hydrogens is 262 g/mol. The van der Waals surface area contributed by atoms with E-state index in [4.69, 9.17) is 0 Å². The molecule has 2 atom stereocenters. The molecule has 0 radical (unpaired) electrons. The van der Waals surface area contributed by atoms with Crippen molar-refractivity contribution in [3.63, 3.8) is 0 Å². The third kappa shape index (κ3) is 3.68. The zero-order chi connectivity index (χ0) is 14.8. The molecule has 5 heteroatoms. The molecule has 0 aromatic carbocycles. The van der Waals surface area contributed by atoms with E-state index in [1.165, 1.54) is 0 Å². The van der Waals surface area contributed by atoms with E-state index in [1.54, 1.807) is 0 Å². The standard InChI is InChI=1S/C15H26F2N2O/c1-3-18-13-6-9-19(10-11(13)2)14(20)12-4-7-15(16,17)8-5-12/h11-13,18H,3-10H2,1-2H3. The number of nitrogens with zero attached hydrogens (tertiary/aromatic N) is 1. The van der Waals surface area contributed by atoms with Gasteiger partial charge in [-0.1, -0.05) is 13.8 Å². The van der Waals surface area contributed by atoms with Crippen LogP contribution < -0.4 is 5.32 Å². The molecule has 2 aliphatic rings. The number of likely N-dealkylation sites (tertiary alicyclic amines) is 1. The van der Waals surface area contributed by atoms with Gasteiger partial charge in [0, 0.05) is 37.9 Å². The van der Waals surface area contributed by atoms with Crippen LogP contribution in [0.2, 0.25) is 0 Å². The predicted molar refractivity (Wildman–Crippen MR) is 74.7 cm³/mol. The second-order valence-electron chi connectivity index (χ2n) is 6.34. The van der Waals surface area contributed by atoms with Crippen LogP contribution in [0, 0.1) is 11.8 Å². The van der Waals surface area contributed by atoms with Crippen LogP contribution in [-0.2, 0) is 4.79 Å². The van der Waals surface area contributed by atoms with E-state index in [9.17, 15) is 13.6 Å². The van der Waals surface area contributed by atoms with Gasteiger partial charge in [0.25, 0.3) is 0 Å². The fourth-order valence-corrected chi connectivity index (χ4v) is 3.46. The van der Waals surface area contributed by atoms with Crippen molar-refractivity contribution in [2.75, 3.05) is 19.6 Å². The lowest BCUT2D eigenvalue weighted by atomic mass is 9.84. The number of carbonyl (C=O) groups is 1. The smallest absolute Gasteiger partial charge is 0.248 e. The Morgan fingerprint density at radius 3 is 2.50 bits per heavy atom. The number of hydrogen-bond donors (Lipinski definition) is 1. The Morgan fingerprint density at radius 2 is 1.95 bits per heavy atom. The SMILES string of the molecule is CCNC1CCN(C(=O)C2CCC(F)(F)CC2)CC1C. The molecule has 1 saturated carbocycles. The molecule has 2 rings (SSSR count). The van der Waals surface area contributed by atoms with Gasteiger partial charge in [-0.3, -0.25) is 4.79 Å². The summed E-state index contributed by atoms with van der Waals surface area (Å²) in [7, 11) is 0. The Balaban J connectivity index is 1.85. The summed E-state index contributed by atoms with van der Waals surface area (Å²) in [6.45, 7) is 6.70. The molecule has 1 heterocycles. The van der Waals surface area contributed by atoms with Crippen molar-refractivity contribution in [2.24, 2.45) is 11.8 Å². The summed E-state index contributed by atoms with van der Waals surface area (Å²) in [5.41, 5.74) is 0. The monoisotopic (exact) mass is 288 g/mol. The number of nitrogens with one attached hydrogen (secondary N) is 1. The van der Waals surface area contributed by atoms with Gasteiger partial charge in [0.1, 0.15) is 0 Å². The lowest BCUT2D eigenvalue weighted by Gasteiger charge is -2.39. The van der Waals surface area contributed by atoms with Crippen molar-refractivity contribution < 1.29 is 13.6 Å². The van der Waals surface area contributed by atoms with Crippen molar-refractivity contribution in [3.05, 3.63) is 0 Å². The van der Waals surface area contributed by atoms with E-state index >= 15 is 0 Å². The van der Waals surface area contributed by atoms with E-state index in [2.05, 4.69) is 19.2 Å². The van der Waals surface area contributed by atoms with Crippen molar-refractivity contribution >= 4 is 5.91 Å². The first-order chi connectivity index (χ1) is 9.43. The predicted octanol–water partition coefficient (Wildman–Crippen LogP) is 2.66. The highest BCUT2D eigenvalue weighted by molar-refractivity contribution is 5.79. The summed E-state index contributed by atoms with van der Waals surface area (Å²) in [6, 6.07) is 0.472. The summed E-state index contributed by atoms with van der Waals surface area (Å²) in [4.78, 5) is 14.3. The average molecular weight is 288 g/mol. The summed E-state index contributed by atoms with van der Waals surface area (Å²) < 4.78 is 26.3. The fourth-order valence-electron chi connectivity index (χ4n) is 3.46. The highest BCUT2D eigenvalue weighted by Gasteiger charge is 2.39. The quantitative estimate of drug-likeness (QED) is 0.866. The van der Waals surface area contributed by atoms with E-state index in [-0.39, 0.29) is 24.7 Å². The molecule has 0 spiro atoms. The molecule has 1 aliphatic carbocycles. The molecule has 116 valence electrons. The van der Waals surface area contributed by atoms with Gasteiger partial charge in [-0.25, -0.2) is 8.78 Å². The fraction of sp³-hybridized carbons (Fsp3) is 0.933.